The summed E-state index contributed by atoms with van der Waals surface area (Å²) in [6, 6.07) is 64.8. The van der Waals surface area contributed by atoms with E-state index in [9.17, 15) is 0 Å². The predicted molar refractivity (Wildman–Crippen MR) is 250 cm³/mol. The third-order valence-corrected chi connectivity index (χ3v) is 14.4. The highest BCUT2D eigenvalue weighted by Crippen LogP contribution is 2.63. The number of hydrogen-bond acceptors (Lipinski definition) is 4. The van der Waals surface area contributed by atoms with Crippen molar-refractivity contribution in [1.29, 1.82) is 0 Å². The van der Waals surface area contributed by atoms with E-state index >= 15 is 0 Å². The van der Waals surface area contributed by atoms with E-state index in [1.807, 2.05) is 11.8 Å². The van der Waals surface area contributed by atoms with Gasteiger partial charge in [-0.3, -0.25) is 0 Å². The number of nitrogens with one attached hydrogen (secondary N) is 2. The summed E-state index contributed by atoms with van der Waals surface area (Å²) in [4.78, 5) is 8.07. The first-order valence-corrected chi connectivity index (χ1v) is 21.6. The lowest BCUT2D eigenvalue weighted by Crippen LogP contribution is -2.32. The Morgan fingerprint density at radius 1 is 0.483 bits per heavy atom. The molecule has 4 heterocycles. The lowest BCUT2D eigenvalue weighted by Gasteiger charge is -2.40. The minimum atomic E-state index is -0.464. The molecular weight excluding hydrogens is 747 g/mol. The topological polar surface area (TPSA) is 37.0 Å². The Morgan fingerprint density at radius 2 is 1.08 bits per heavy atom. The van der Waals surface area contributed by atoms with Crippen LogP contribution >= 0.6 is 11.8 Å². The molecule has 2 N–H and O–H groups in total. The Hall–Kier alpha value is -7.14. The maximum absolute atomic E-state index is 5.48. The van der Waals surface area contributed by atoms with Gasteiger partial charge in [0.25, 0.3) is 0 Å². The first kappa shape index (κ1) is 33.8. The second-order valence-electron chi connectivity index (χ2n) is 16.3. The van der Waals surface area contributed by atoms with Crippen molar-refractivity contribution >= 4 is 57.0 Å². The van der Waals surface area contributed by atoms with Gasteiger partial charge in [-0.15, -0.1) is 0 Å². The number of rotatable bonds is 3. The molecule has 0 fully saturated rings. The molecule has 3 aliphatic heterocycles. The van der Waals surface area contributed by atoms with Crippen molar-refractivity contribution in [1.82, 2.24) is 4.98 Å². The molecule has 2 unspecified atom stereocenters. The van der Waals surface area contributed by atoms with Gasteiger partial charge >= 0.3 is 0 Å². The number of benzene rings is 8. The first-order valence-electron chi connectivity index (χ1n) is 20.8. The van der Waals surface area contributed by atoms with E-state index in [4.69, 9.17) is 4.98 Å². The van der Waals surface area contributed by atoms with Gasteiger partial charge in [-0.2, -0.15) is 0 Å². The smallest absolute Gasteiger partial charge is 0.0788 e. The quantitative estimate of drug-likeness (QED) is 0.175. The van der Waals surface area contributed by atoms with Crippen molar-refractivity contribution in [2.24, 2.45) is 0 Å². The summed E-state index contributed by atoms with van der Waals surface area (Å²) in [7, 11) is 0. The minimum absolute atomic E-state index is 0.0343. The van der Waals surface area contributed by atoms with Crippen LogP contribution in [-0.4, -0.2) is 4.98 Å². The van der Waals surface area contributed by atoms with E-state index in [1.165, 1.54) is 81.6 Å². The van der Waals surface area contributed by atoms with Gasteiger partial charge in [0, 0.05) is 31.5 Å². The zero-order valence-electron chi connectivity index (χ0n) is 32.6. The highest BCUT2D eigenvalue weighted by atomic mass is 32.2. The molecule has 60 heavy (non-hydrogen) atoms. The Kier molecular flexibility index (Phi) is 7.28. The standard InChI is InChI=1S/C56H37N3S/c1-3-13-34(14-4-1)47-30-25-36-23-24-37-26-31-48(58-54(37)53(36)57-47)38-27-32-49-42(33-38)51-41(52(59-49)35-15-5-2-6-16-35)28-29-46-55(51)60-50-22-12-11-21-45(50)56(46)43-19-9-7-17-39(43)40-18-8-10-20-44(40)56/h1-33,47-48,57-58H. The van der Waals surface area contributed by atoms with Gasteiger partial charge in [0.2, 0.25) is 0 Å². The second kappa shape index (κ2) is 12.9. The van der Waals surface area contributed by atoms with Gasteiger partial charge < -0.3 is 10.6 Å². The summed E-state index contributed by atoms with van der Waals surface area (Å²) in [5, 5.41) is 11.5. The molecule has 0 bridgehead atoms. The van der Waals surface area contributed by atoms with Gasteiger partial charge in [0.1, 0.15) is 0 Å². The maximum atomic E-state index is 5.48. The molecule has 1 aromatic heterocycles. The monoisotopic (exact) mass is 783 g/mol. The van der Waals surface area contributed by atoms with Crippen LogP contribution in [0.1, 0.15) is 56.6 Å². The summed E-state index contributed by atoms with van der Waals surface area (Å²) in [5.41, 5.74) is 17.8. The van der Waals surface area contributed by atoms with Gasteiger partial charge in [0.15, 0.2) is 0 Å². The first-order chi connectivity index (χ1) is 29.7. The van der Waals surface area contributed by atoms with Gasteiger partial charge in [0.05, 0.1) is 40.1 Å². The van der Waals surface area contributed by atoms with Crippen molar-refractivity contribution < 1.29 is 0 Å². The highest BCUT2D eigenvalue weighted by Gasteiger charge is 2.50. The number of aromatic nitrogens is 1. The van der Waals surface area contributed by atoms with E-state index in [-0.39, 0.29) is 12.1 Å². The lowest BCUT2D eigenvalue weighted by atomic mass is 9.67. The van der Waals surface area contributed by atoms with Gasteiger partial charge in [-0.1, -0.05) is 194 Å². The lowest BCUT2D eigenvalue weighted by molar-refractivity contribution is 0.726. The number of anilines is 2. The minimum Gasteiger partial charge on any atom is -0.373 e. The summed E-state index contributed by atoms with van der Waals surface area (Å²) >= 11 is 1.91. The maximum Gasteiger partial charge on any atom is 0.0788 e. The number of pyridine rings is 1. The molecule has 1 aliphatic carbocycles. The Labute approximate surface area is 353 Å². The summed E-state index contributed by atoms with van der Waals surface area (Å²) in [5.74, 6) is 0. The molecule has 13 rings (SSSR count). The van der Waals surface area contributed by atoms with E-state index in [0.717, 1.165) is 28.1 Å². The molecular formula is C56H37N3S. The van der Waals surface area contributed by atoms with E-state index < -0.39 is 5.41 Å². The van der Waals surface area contributed by atoms with Crippen molar-refractivity contribution in [2.45, 2.75) is 27.3 Å². The molecule has 8 aromatic carbocycles. The molecule has 0 amide bonds. The van der Waals surface area contributed by atoms with Crippen molar-refractivity contribution in [3.05, 3.63) is 233 Å². The zero-order valence-corrected chi connectivity index (χ0v) is 33.4. The van der Waals surface area contributed by atoms with Crippen molar-refractivity contribution in [3.8, 4) is 22.4 Å². The van der Waals surface area contributed by atoms with E-state index in [0.29, 0.717) is 0 Å². The van der Waals surface area contributed by atoms with Crippen LogP contribution in [0.25, 0.3) is 56.2 Å². The van der Waals surface area contributed by atoms with Crippen LogP contribution in [0, 0.1) is 0 Å². The third-order valence-electron chi connectivity index (χ3n) is 13.2. The normalized spacial score (nSPS) is 17.2. The average Bonchev–Trinajstić information content (AvgIpc) is 3.61. The Morgan fingerprint density at radius 3 is 1.78 bits per heavy atom. The molecule has 4 heteroatoms. The average molecular weight is 784 g/mol. The van der Waals surface area contributed by atoms with Crippen LogP contribution in [0.4, 0.5) is 11.4 Å². The van der Waals surface area contributed by atoms with Gasteiger partial charge in [-0.05, 0) is 73.8 Å². The zero-order chi connectivity index (χ0) is 39.4. The van der Waals surface area contributed by atoms with E-state index in [1.54, 1.807) is 0 Å². The number of nitrogens with zero attached hydrogens (tertiary/aromatic N) is 1. The van der Waals surface area contributed by atoms with Crippen molar-refractivity contribution in [3.63, 3.8) is 0 Å². The molecule has 0 radical (unpaired) electrons. The molecule has 2 atom stereocenters. The number of hydrogen-bond donors (Lipinski definition) is 2. The van der Waals surface area contributed by atoms with Gasteiger partial charge in [-0.25, -0.2) is 4.98 Å². The Bertz CT molecular complexity index is 3270. The molecule has 0 saturated heterocycles. The van der Waals surface area contributed by atoms with Crippen LogP contribution in [0.2, 0.25) is 0 Å². The third kappa shape index (κ3) is 4.77. The fraction of sp³-hybridized carbons (Fsp3) is 0.0536. The molecule has 3 nitrogen and oxygen atoms in total. The predicted octanol–water partition coefficient (Wildman–Crippen LogP) is 14.2. The summed E-state index contributed by atoms with van der Waals surface area (Å²) in [6.07, 6.45) is 9.10. The molecule has 4 aliphatic rings. The number of fused-ring (bicyclic) bond motifs is 16. The highest BCUT2D eigenvalue weighted by molar-refractivity contribution is 7.99. The fourth-order valence-corrected chi connectivity index (χ4v) is 11.9. The van der Waals surface area contributed by atoms with Crippen molar-refractivity contribution in [2.75, 3.05) is 10.6 Å². The van der Waals surface area contributed by atoms with Crippen LogP contribution in [0.15, 0.2) is 198 Å². The van der Waals surface area contributed by atoms with Crippen LogP contribution < -0.4 is 10.6 Å². The summed E-state index contributed by atoms with van der Waals surface area (Å²) < 4.78 is 0. The SMILES string of the molecule is C1=CC(c2ccccc2)Nc2c1ccc1c2NC(c2ccc3nc(-c4ccccc4)c4ccc5c(c4c3c2)Sc2ccccc2C52c3ccccc3-c3ccccc32)C=C1. The molecule has 0 saturated carbocycles. The molecule has 282 valence electrons. The van der Waals surface area contributed by atoms with E-state index in [2.05, 4.69) is 211 Å². The van der Waals surface area contributed by atoms with Crippen LogP contribution in [-0.2, 0) is 5.41 Å². The van der Waals surface area contributed by atoms with Crippen LogP contribution in [0.3, 0.4) is 0 Å². The Balaban J connectivity index is 1.03. The molecule has 1 spiro atoms. The fourth-order valence-electron chi connectivity index (χ4n) is 10.5. The summed E-state index contributed by atoms with van der Waals surface area (Å²) in [6.45, 7) is 0. The van der Waals surface area contributed by atoms with Crippen LogP contribution in [0.5, 0.6) is 0 Å². The second-order valence-corrected chi connectivity index (χ2v) is 17.3. The molecule has 9 aromatic rings. The largest absolute Gasteiger partial charge is 0.373 e.